The zero-order valence-corrected chi connectivity index (χ0v) is 12.3. The summed E-state index contributed by atoms with van der Waals surface area (Å²) < 4.78 is 5.62. The van der Waals surface area contributed by atoms with Crippen molar-refractivity contribution in [1.82, 2.24) is 10.6 Å². The Morgan fingerprint density at radius 1 is 1.35 bits per heavy atom. The van der Waals surface area contributed by atoms with Crippen LogP contribution in [0, 0.1) is 5.41 Å². The van der Waals surface area contributed by atoms with E-state index in [1.165, 1.54) is 0 Å². The van der Waals surface area contributed by atoms with Crippen molar-refractivity contribution in [2.45, 2.75) is 32.8 Å². The number of benzene rings is 1. The van der Waals surface area contributed by atoms with Crippen LogP contribution in [0.2, 0.25) is 0 Å². The number of nitrogens with one attached hydrogen (secondary N) is 2. The highest BCUT2D eigenvalue weighted by Gasteiger charge is 2.28. The van der Waals surface area contributed by atoms with Gasteiger partial charge < -0.3 is 15.4 Å². The van der Waals surface area contributed by atoms with E-state index in [4.69, 9.17) is 4.74 Å². The van der Waals surface area contributed by atoms with Crippen molar-refractivity contribution in [2.24, 2.45) is 5.41 Å². The van der Waals surface area contributed by atoms with Gasteiger partial charge >= 0.3 is 0 Å². The smallest absolute Gasteiger partial charge is 0.260 e. The summed E-state index contributed by atoms with van der Waals surface area (Å²) >= 11 is 0. The zero-order valence-electron chi connectivity index (χ0n) is 12.3. The van der Waals surface area contributed by atoms with Crippen molar-refractivity contribution in [3.05, 3.63) is 30.3 Å². The van der Waals surface area contributed by atoms with Crippen LogP contribution < -0.4 is 15.4 Å². The topological polar surface area (TPSA) is 50.4 Å². The first-order valence-electron chi connectivity index (χ1n) is 7.29. The van der Waals surface area contributed by atoms with E-state index in [0.717, 1.165) is 38.2 Å². The SMILES string of the molecule is C[C@@H](Oc1ccccc1)C(=O)NCC1(C)CCNCC1. The van der Waals surface area contributed by atoms with Gasteiger partial charge in [0, 0.05) is 6.54 Å². The summed E-state index contributed by atoms with van der Waals surface area (Å²) in [5.41, 5.74) is 0.202. The number of rotatable bonds is 5. The maximum Gasteiger partial charge on any atom is 0.260 e. The average molecular weight is 276 g/mol. The highest BCUT2D eigenvalue weighted by molar-refractivity contribution is 5.80. The number of ether oxygens (including phenoxy) is 1. The molecule has 0 spiro atoms. The molecule has 1 aromatic carbocycles. The van der Waals surface area contributed by atoms with E-state index in [1.807, 2.05) is 30.3 Å². The Labute approximate surface area is 120 Å². The molecule has 1 saturated heterocycles. The van der Waals surface area contributed by atoms with E-state index in [1.54, 1.807) is 6.92 Å². The normalized spacial score (nSPS) is 19.1. The third-order valence-corrected chi connectivity index (χ3v) is 3.93. The van der Waals surface area contributed by atoms with Crippen LogP contribution in [0.1, 0.15) is 26.7 Å². The fourth-order valence-electron chi connectivity index (χ4n) is 2.41. The third kappa shape index (κ3) is 4.23. The number of piperidine rings is 1. The van der Waals surface area contributed by atoms with Gasteiger partial charge in [-0.1, -0.05) is 25.1 Å². The first kappa shape index (κ1) is 14.9. The van der Waals surface area contributed by atoms with Crippen LogP contribution >= 0.6 is 0 Å². The maximum atomic E-state index is 12.1. The van der Waals surface area contributed by atoms with Gasteiger partial charge in [0.2, 0.25) is 0 Å². The molecule has 1 fully saturated rings. The van der Waals surface area contributed by atoms with E-state index in [2.05, 4.69) is 17.6 Å². The molecule has 0 aromatic heterocycles. The molecule has 0 bridgehead atoms. The Morgan fingerprint density at radius 3 is 2.65 bits per heavy atom. The number of amides is 1. The van der Waals surface area contributed by atoms with Crippen LogP contribution in [-0.2, 0) is 4.79 Å². The standard InChI is InChI=1S/C16H24N2O2/c1-13(20-14-6-4-3-5-7-14)15(19)18-12-16(2)8-10-17-11-9-16/h3-7,13,17H,8-12H2,1-2H3,(H,18,19)/t13-/m1/s1. The molecule has 0 aliphatic carbocycles. The van der Waals surface area contributed by atoms with Crippen molar-refractivity contribution in [1.29, 1.82) is 0 Å². The van der Waals surface area contributed by atoms with Crippen LogP contribution in [-0.4, -0.2) is 31.6 Å². The summed E-state index contributed by atoms with van der Waals surface area (Å²) in [4.78, 5) is 12.1. The predicted molar refractivity (Wildman–Crippen MR) is 79.8 cm³/mol. The Balaban J connectivity index is 1.79. The van der Waals surface area contributed by atoms with Crippen molar-refractivity contribution in [3.63, 3.8) is 0 Å². The van der Waals surface area contributed by atoms with Gasteiger partial charge in [-0.2, -0.15) is 0 Å². The molecule has 2 rings (SSSR count). The van der Waals surface area contributed by atoms with Gasteiger partial charge in [-0.15, -0.1) is 0 Å². The predicted octanol–water partition coefficient (Wildman–Crippen LogP) is 1.96. The first-order valence-corrected chi connectivity index (χ1v) is 7.29. The molecule has 1 amide bonds. The van der Waals surface area contributed by atoms with Gasteiger partial charge in [0.15, 0.2) is 6.10 Å². The van der Waals surface area contributed by atoms with Gasteiger partial charge in [0.05, 0.1) is 0 Å². The highest BCUT2D eigenvalue weighted by atomic mass is 16.5. The fourth-order valence-corrected chi connectivity index (χ4v) is 2.41. The van der Waals surface area contributed by atoms with Crippen molar-refractivity contribution in [3.8, 4) is 5.75 Å². The number of carbonyl (C=O) groups excluding carboxylic acids is 1. The lowest BCUT2D eigenvalue weighted by Crippen LogP contribution is -2.45. The average Bonchev–Trinajstić information content (AvgIpc) is 2.46. The van der Waals surface area contributed by atoms with E-state index >= 15 is 0 Å². The molecular formula is C16H24N2O2. The van der Waals surface area contributed by atoms with Crippen molar-refractivity contribution < 1.29 is 9.53 Å². The Morgan fingerprint density at radius 2 is 2.00 bits per heavy atom. The van der Waals surface area contributed by atoms with Crippen LogP contribution in [0.25, 0.3) is 0 Å². The summed E-state index contributed by atoms with van der Waals surface area (Å²) in [7, 11) is 0. The van der Waals surface area contributed by atoms with Gasteiger partial charge in [-0.25, -0.2) is 0 Å². The summed E-state index contributed by atoms with van der Waals surface area (Å²) in [6.07, 6.45) is 1.73. The quantitative estimate of drug-likeness (QED) is 0.864. The summed E-state index contributed by atoms with van der Waals surface area (Å²) in [6.45, 7) is 6.80. The Bertz CT molecular complexity index is 427. The molecule has 2 N–H and O–H groups in total. The van der Waals surface area contributed by atoms with Crippen molar-refractivity contribution >= 4 is 5.91 Å². The van der Waals surface area contributed by atoms with Gasteiger partial charge in [-0.05, 0) is 50.4 Å². The minimum Gasteiger partial charge on any atom is -0.481 e. The van der Waals surface area contributed by atoms with Crippen LogP contribution in [0.15, 0.2) is 30.3 Å². The van der Waals surface area contributed by atoms with E-state index in [-0.39, 0.29) is 11.3 Å². The highest BCUT2D eigenvalue weighted by Crippen LogP contribution is 2.26. The second kappa shape index (κ2) is 6.75. The van der Waals surface area contributed by atoms with Gasteiger partial charge in [0.25, 0.3) is 5.91 Å². The lowest BCUT2D eigenvalue weighted by atomic mass is 9.81. The molecule has 4 nitrogen and oxygen atoms in total. The Hall–Kier alpha value is -1.55. The molecule has 1 aliphatic rings. The van der Waals surface area contributed by atoms with E-state index in [9.17, 15) is 4.79 Å². The lowest BCUT2D eigenvalue weighted by Gasteiger charge is -2.34. The second-order valence-electron chi connectivity index (χ2n) is 5.85. The summed E-state index contributed by atoms with van der Waals surface area (Å²) in [6, 6.07) is 9.44. The van der Waals surface area contributed by atoms with Gasteiger partial charge in [0.1, 0.15) is 5.75 Å². The van der Waals surface area contributed by atoms with Crippen LogP contribution in [0.5, 0.6) is 5.75 Å². The molecule has 110 valence electrons. The molecule has 0 unspecified atom stereocenters. The van der Waals surface area contributed by atoms with E-state index < -0.39 is 6.10 Å². The summed E-state index contributed by atoms with van der Waals surface area (Å²) in [5.74, 6) is 0.678. The molecular weight excluding hydrogens is 252 g/mol. The maximum absolute atomic E-state index is 12.1. The second-order valence-corrected chi connectivity index (χ2v) is 5.85. The molecule has 20 heavy (non-hydrogen) atoms. The van der Waals surface area contributed by atoms with Crippen LogP contribution in [0.4, 0.5) is 0 Å². The molecule has 1 aromatic rings. The molecule has 4 heteroatoms. The minimum absolute atomic E-state index is 0.0476. The fraction of sp³-hybridized carbons (Fsp3) is 0.562. The number of carbonyl (C=O) groups is 1. The third-order valence-electron chi connectivity index (χ3n) is 3.93. The number of para-hydroxylation sites is 1. The summed E-state index contributed by atoms with van der Waals surface area (Å²) in [5, 5.41) is 6.37. The lowest BCUT2D eigenvalue weighted by molar-refractivity contribution is -0.127. The van der Waals surface area contributed by atoms with Crippen molar-refractivity contribution in [2.75, 3.05) is 19.6 Å². The molecule has 1 aliphatic heterocycles. The number of hydrogen-bond acceptors (Lipinski definition) is 3. The Kier molecular flexibility index (Phi) is 5.01. The van der Waals surface area contributed by atoms with Crippen LogP contribution in [0.3, 0.4) is 0 Å². The molecule has 0 radical (unpaired) electrons. The van der Waals surface area contributed by atoms with Gasteiger partial charge in [-0.3, -0.25) is 4.79 Å². The number of hydrogen-bond donors (Lipinski definition) is 2. The largest absolute Gasteiger partial charge is 0.481 e. The molecule has 1 heterocycles. The first-order chi connectivity index (χ1) is 9.59. The molecule has 0 saturated carbocycles. The zero-order chi connectivity index (χ0) is 14.4. The minimum atomic E-state index is -0.470. The molecule has 1 atom stereocenters. The van der Waals surface area contributed by atoms with E-state index in [0.29, 0.717) is 0 Å². The monoisotopic (exact) mass is 276 g/mol.